The highest BCUT2D eigenvalue weighted by molar-refractivity contribution is 7.09. The largest absolute Gasteiger partial charge is 0.326 e. The van der Waals surface area contributed by atoms with Crippen molar-refractivity contribution in [3.63, 3.8) is 0 Å². The van der Waals surface area contributed by atoms with Gasteiger partial charge in [-0.1, -0.05) is 6.92 Å². The number of carbonyl (C=O) groups excluding carboxylic acids is 1. The van der Waals surface area contributed by atoms with Crippen LogP contribution in [0.15, 0.2) is 17.9 Å². The SMILES string of the molecule is CC[C@](C)(NC(=O)Nc1ncnn1C)c1nccs1. The van der Waals surface area contributed by atoms with E-state index in [1.807, 2.05) is 19.2 Å². The molecule has 0 aliphatic rings. The van der Waals surface area contributed by atoms with E-state index in [1.165, 1.54) is 22.3 Å². The number of urea groups is 1. The topological polar surface area (TPSA) is 84.7 Å². The second kappa shape index (κ2) is 5.35. The lowest BCUT2D eigenvalue weighted by atomic mass is 10.0. The van der Waals surface area contributed by atoms with Gasteiger partial charge in [0.2, 0.25) is 5.95 Å². The number of thiazole rings is 1. The summed E-state index contributed by atoms with van der Waals surface area (Å²) in [7, 11) is 1.71. The van der Waals surface area contributed by atoms with Gasteiger partial charge in [0.15, 0.2) is 0 Å². The summed E-state index contributed by atoms with van der Waals surface area (Å²) >= 11 is 1.52. The van der Waals surface area contributed by atoms with Gasteiger partial charge in [-0.15, -0.1) is 11.3 Å². The first-order valence-corrected chi connectivity index (χ1v) is 6.76. The van der Waals surface area contributed by atoms with Crippen LogP contribution in [0.5, 0.6) is 0 Å². The van der Waals surface area contributed by atoms with Crippen molar-refractivity contribution in [1.29, 1.82) is 0 Å². The van der Waals surface area contributed by atoms with Gasteiger partial charge >= 0.3 is 6.03 Å². The zero-order chi connectivity index (χ0) is 13.9. The Hall–Kier alpha value is -1.96. The fourth-order valence-corrected chi connectivity index (χ4v) is 2.41. The number of aryl methyl sites for hydroxylation is 1. The van der Waals surface area contributed by atoms with Crippen molar-refractivity contribution in [2.45, 2.75) is 25.8 Å². The molecule has 8 heteroatoms. The smallest absolute Gasteiger partial charge is 0.322 e. The normalized spacial score (nSPS) is 13.8. The Bertz CT molecular complexity index is 551. The highest BCUT2D eigenvalue weighted by Crippen LogP contribution is 2.26. The molecule has 0 aliphatic heterocycles. The molecule has 19 heavy (non-hydrogen) atoms. The predicted octanol–water partition coefficient (Wildman–Crippen LogP) is 1.72. The maximum atomic E-state index is 12.0. The molecule has 2 aromatic heterocycles. The summed E-state index contributed by atoms with van der Waals surface area (Å²) in [4.78, 5) is 20.2. The lowest BCUT2D eigenvalue weighted by Crippen LogP contribution is -2.45. The van der Waals surface area contributed by atoms with Crippen molar-refractivity contribution >= 4 is 23.3 Å². The molecule has 0 saturated heterocycles. The molecule has 0 bridgehead atoms. The maximum Gasteiger partial charge on any atom is 0.322 e. The van der Waals surface area contributed by atoms with Gasteiger partial charge in [0.25, 0.3) is 0 Å². The third-order valence-corrected chi connectivity index (χ3v) is 3.97. The number of amides is 2. The highest BCUT2D eigenvalue weighted by atomic mass is 32.1. The first kappa shape index (κ1) is 13.5. The second-order valence-electron chi connectivity index (χ2n) is 4.31. The number of nitrogens with one attached hydrogen (secondary N) is 2. The summed E-state index contributed by atoms with van der Waals surface area (Å²) < 4.78 is 1.49. The summed E-state index contributed by atoms with van der Waals surface area (Å²) in [5.74, 6) is 0.398. The maximum absolute atomic E-state index is 12.0. The van der Waals surface area contributed by atoms with Gasteiger partial charge in [0.05, 0.1) is 5.54 Å². The van der Waals surface area contributed by atoms with Crippen LogP contribution in [0.25, 0.3) is 0 Å². The molecule has 0 radical (unpaired) electrons. The fourth-order valence-electron chi connectivity index (χ4n) is 1.58. The van der Waals surface area contributed by atoms with Gasteiger partial charge in [-0.05, 0) is 13.3 Å². The molecule has 0 fully saturated rings. The van der Waals surface area contributed by atoms with Crippen molar-refractivity contribution in [1.82, 2.24) is 25.1 Å². The van der Waals surface area contributed by atoms with Gasteiger partial charge in [0.1, 0.15) is 11.3 Å². The Balaban J connectivity index is 2.07. The monoisotopic (exact) mass is 280 g/mol. The highest BCUT2D eigenvalue weighted by Gasteiger charge is 2.29. The zero-order valence-corrected chi connectivity index (χ0v) is 11.9. The van der Waals surface area contributed by atoms with E-state index >= 15 is 0 Å². The molecule has 0 spiro atoms. The quantitative estimate of drug-likeness (QED) is 0.893. The fraction of sp³-hybridized carbons (Fsp3) is 0.455. The van der Waals surface area contributed by atoms with Gasteiger partial charge in [0, 0.05) is 18.6 Å². The Morgan fingerprint density at radius 2 is 2.32 bits per heavy atom. The molecule has 2 heterocycles. The van der Waals surface area contributed by atoms with Crippen molar-refractivity contribution in [3.05, 3.63) is 22.9 Å². The van der Waals surface area contributed by atoms with Crippen LogP contribution in [-0.2, 0) is 12.6 Å². The van der Waals surface area contributed by atoms with Crippen LogP contribution in [-0.4, -0.2) is 25.8 Å². The summed E-state index contributed by atoms with van der Waals surface area (Å²) in [6, 6.07) is -0.323. The number of hydrogen-bond donors (Lipinski definition) is 2. The van der Waals surface area contributed by atoms with Gasteiger partial charge < -0.3 is 5.32 Å². The molecule has 2 amide bonds. The molecule has 2 N–H and O–H groups in total. The number of hydrogen-bond acceptors (Lipinski definition) is 5. The number of nitrogens with zero attached hydrogens (tertiary/aromatic N) is 4. The Morgan fingerprint density at radius 3 is 2.84 bits per heavy atom. The number of rotatable bonds is 4. The van der Waals surface area contributed by atoms with Crippen LogP contribution in [0.4, 0.5) is 10.7 Å². The van der Waals surface area contributed by atoms with Crippen molar-refractivity contribution < 1.29 is 4.79 Å². The minimum Gasteiger partial charge on any atom is -0.326 e. The Morgan fingerprint density at radius 1 is 1.53 bits per heavy atom. The molecular formula is C11H16N6OS. The summed E-state index contributed by atoms with van der Waals surface area (Å²) in [6.45, 7) is 3.95. The molecule has 7 nitrogen and oxygen atoms in total. The average molecular weight is 280 g/mol. The van der Waals surface area contributed by atoms with Crippen molar-refractivity contribution in [2.24, 2.45) is 7.05 Å². The van der Waals surface area contributed by atoms with Crippen molar-refractivity contribution in [3.8, 4) is 0 Å². The summed E-state index contributed by atoms with van der Waals surface area (Å²) in [6.07, 6.45) is 3.86. The standard InChI is InChI=1S/C11H16N6OS/c1-4-11(2,8-12-5-6-19-8)16-10(18)15-9-13-7-14-17(9)3/h5-7H,4H2,1-3H3,(H2,13,14,15,16,18)/t11-/m0/s1. The average Bonchev–Trinajstić information content (AvgIpc) is 3.02. The van der Waals surface area contributed by atoms with Crippen LogP contribution in [0.1, 0.15) is 25.3 Å². The van der Waals surface area contributed by atoms with Crippen LogP contribution < -0.4 is 10.6 Å². The molecule has 0 aliphatic carbocycles. The first-order chi connectivity index (χ1) is 9.05. The predicted molar refractivity (Wildman–Crippen MR) is 72.9 cm³/mol. The van der Waals surface area contributed by atoms with E-state index in [9.17, 15) is 4.79 Å². The Kier molecular flexibility index (Phi) is 3.79. The van der Waals surface area contributed by atoms with Crippen LogP contribution >= 0.6 is 11.3 Å². The van der Waals surface area contributed by atoms with Crippen LogP contribution in [0.2, 0.25) is 0 Å². The van der Waals surface area contributed by atoms with Gasteiger partial charge in [-0.3, -0.25) is 5.32 Å². The van der Waals surface area contributed by atoms with E-state index in [4.69, 9.17) is 0 Å². The molecule has 0 aromatic carbocycles. The summed E-state index contributed by atoms with van der Waals surface area (Å²) in [5.41, 5.74) is -0.489. The van der Waals surface area contributed by atoms with E-state index in [1.54, 1.807) is 13.2 Å². The molecule has 1 atom stereocenters. The second-order valence-corrected chi connectivity index (χ2v) is 5.20. The first-order valence-electron chi connectivity index (χ1n) is 5.88. The molecular weight excluding hydrogens is 264 g/mol. The van der Waals surface area contributed by atoms with Crippen molar-refractivity contribution in [2.75, 3.05) is 5.32 Å². The van der Waals surface area contributed by atoms with E-state index in [2.05, 4.69) is 25.7 Å². The third kappa shape index (κ3) is 2.90. The molecule has 102 valence electrons. The summed E-state index contributed by atoms with van der Waals surface area (Å²) in [5, 5.41) is 12.2. The number of aromatic nitrogens is 4. The molecule has 2 rings (SSSR count). The molecule has 0 saturated carbocycles. The lowest BCUT2D eigenvalue weighted by Gasteiger charge is -2.27. The van der Waals surface area contributed by atoms with E-state index in [0.717, 1.165) is 11.4 Å². The van der Waals surface area contributed by atoms with E-state index < -0.39 is 5.54 Å². The van der Waals surface area contributed by atoms with Crippen LogP contribution in [0, 0.1) is 0 Å². The Labute approximate surface area is 115 Å². The van der Waals surface area contributed by atoms with E-state index in [0.29, 0.717) is 5.95 Å². The minimum atomic E-state index is -0.489. The van der Waals surface area contributed by atoms with Gasteiger partial charge in [-0.2, -0.15) is 10.1 Å². The molecule has 0 unspecified atom stereocenters. The van der Waals surface area contributed by atoms with Crippen LogP contribution in [0.3, 0.4) is 0 Å². The van der Waals surface area contributed by atoms with E-state index in [-0.39, 0.29) is 6.03 Å². The zero-order valence-electron chi connectivity index (χ0n) is 11.0. The third-order valence-electron chi connectivity index (χ3n) is 2.94. The number of carbonyl (C=O) groups is 1. The van der Waals surface area contributed by atoms with Gasteiger partial charge in [-0.25, -0.2) is 14.5 Å². The lowest BCUT2D eigenvalue weighted by molar-refractivity contribution is 0.237. The molecule has 2 aromatic rings. The minimum absolute atomic E-state index is 0.323. The number of anilines is 1.